The summed E-state index contributed by atoms with van der Waals surface area (Å²) >= 11 is 5.28. The molecule has 0 radical (unpaired) electrons. The number of hydrogen-bond acceptors (Lipinski definition) is 2. The fourth-order valence-electron chi connectivity index (χ4n) is 1.90. The average Bonchev–Trinajstić information content (AvgIpc) is 2.21. The van der Waals surface area contributed by atoms with Crippen LogP contribution in [-0.4, -0.2) is 23.9 Å². The van der Waals surface area contributed by atoms with Crippen molar-refractivity contribution in [3.63, 3.8) is 0 Å². The molecule has 0 heterocycles. The van der Waals surface area contributed by atoms with Crippen molar-refractivity contribution in [3.8, 4) is 0 Å². The number of carbonyl (C=O) groups excluding carboxylic acids is 2. The number of alkyl halides is 1. The van der Waals surface area contributed by atoms with Gasteiger partial charge in [-0.1, -0.05) is 19.8 Å². The first-order valence-electron chi connectivity index (χ1n) is 5.29. The molecular formula is C10H17ClN2O2. The van der Waals surface area contributed by atoms with Crippen molar-refractivity contribution in [2.75, 3.05) is 5.88 Å². The third kappa shape index (κ3) is 4.08. The minimum atomic E-state index is -0.461. The van der Waals surface area contributed by atoms with E-state index in [1.54, 1.807) is 0 Å². The predicted octanol–water partition coefficient (Wildman–Crippen LogP) is 1.63. The zero-order valence-electron chi connectivity index (χ0n) is 8.88. The van der Waals surface area contributed by atoms with Crippen LogP contribution in [0.4, 0.5) is 4.79 Å². The molecule has 2 N–H and O–H groups in total. The fourth-order valence-corrected chi connectivity index (χ4v) is 1.96. The largest absolute Gasteiger partial charge is 0.335 e. The first-order valence-corrected chi connectivity index (χ1v) is 5.83. The van der Waals surface area contributed by atoms with E-state index in [2.05, 4.69) is 17.6 Å². The molecule has 15 heavy (non-hydrogen) atoms. The van der Waals surface area contributed by atoms with Crippen LogP contribution in [0.1, 0.15) is 32.6 Å². The van der Waals surface area contributed by atoms with E-state index in [1.807, 2.05) is 0 Å². The Morgan fingerprint density at radius 2 is 2.00 bits per heavy atom. The Morgan fingerprint density at radius 3 is 2.60 bits per heavy atom. The number of halogens is 1. The molecule has 0 aromatic rings. The molecule has 5 heteroatoms. The number of carbonyl (C=O) groups is 2. The van der Waals surface area contributed by atoms with Gasteiger partial charge < -0.3 is 5.32 Å². The molecule has 86 valence electrons. The molecule has 1 saturated carbocycles. The minimum Gasteiger partial charge on any atom is -0.335 e. The molecule has 2 atom stereocenters. The highest BCUT2D eigenvalue weighted by atomic mass is 35.5. The summed E-state index contributed by atoms with van der Waals surface area (Å²) in [6, 6.07) is -0.249. The van der Waals surface area contributed by atoms with E-state index < -0.39 is 11.9 Å². The summed E-state index contributed by atoms with van der Waals surface area (Å²) in [5.41, 5.74) is 0. The van der Waals surface area contributed by atoms with Crippen LogP contribution in [0.15, 0.2) is 0 Å². The summed E-state index contributed by atoms with van der Waals surface area (Å²) in [6.07, 6.45) is 4.48. The number of nitrogens with one attached hydrogen (secondary N) is 2. The number of amides is 3. The van der Waals surface area contributed by atoms with Crippen molar-refractivity contribution in [3.05, 3.63) is 0 Å². The van der Waals surface area contributed by atoms with Gasteiger partial charge in [-0.2, -0.15) is 0 Å². The lowest BCUT2D eigenvalue weighted by Crippen LogP contribution is -2.48. The summed E-state index contributed by atoms with van der Waals surface area (Å²) in [7, 11) is 0. The van der Waals surface area contributed by atoms with Crippen LogP contribution in [0.5, 0.6) is 0 Å². The molecule has 1 aliphatic rings. The van der Waals surface area contributed by atoms with Gasteiger partial charge in [-0.25, -0.2) is 4.79 Å². The van der Waals surface area contributed by atoms with Gasteiger partial charge in [0.05, 0.1) is 0 Å². The monoisotopic (exact) mass is 232 g/mol. The smallest absolute Gasteiger partial charge is 0.321 e. The topological polar surface area (TPSA) is 58.2 Å². The molecule has 0 spiro atoms. The second kappa shape index (κ2) is 5.95. The molecule has 1 aliphatic carbocycles. The van der Waals surface area contributed by atoms with E-state index in [0.717, 1.165) is 19.3 Å². The summed E-state index contributed by atoms with van der Waals surface area (Å²) in [4.78, 5) is 22.2. The molecule has 1 fully saturated rings. The van der Waals surface area contributed by atoms with Crippen LogP contribution in [0.25, 0.3) is 0 Å². The molecule has 0 aromatic heterocycles. The Balaban J connectivity index is 2.33. The molecule has 2 unspecified atom stereocenters. The number of urea groups is 1. The maximum Gasteiger partial charge on any atom is 0.321 e. The molecule has 0 aliphatic heterocycles. The molecule has 0 saturated heterocycles. The van der Waals surface area contributed by atoms with Gasteiger partial charge in [0, 0.05) is 6.04 Å². The standard InChI is InChI=1S/C10H17ClN2O2/c1-7-4-2-3-5-8(7)12-10(15)13-9(14)6-11/h7-8H,2-6H2,1H3,(H2,12,13,14,15). The number of hydrogen-bond donors (Lipinski definition) is 2. The predicted molar refractivity (Wildman–Crippen MR) is 58.8 cm³/mol. The highest BCUT2D eigenvalue weighted by Crippen LogP contribution is 2.23. The first-order chi connectivity index (χ1) is 7.13. The van der Waals surface area contributed by atoms with Gasteiger partial charge in [0.2, 0.25) is 5.91 Å². The highest BCUT2D eigenvalue weighted by molar-refractivity contribution is 6.28. The Kier molecular flexibility index (Phi) is 4.88. The molecule has 0 bridgehead atoms. The van der Waals surface area contributed by atoms with E-state index in [0.29, 0.717) is 5.92 Å². The van der Waals surface area contributed by atoms with Crippen molar-refractivity contribution in [2.45, 2.75) is 38.6 Å². The molecule has 4 nitrogen and oxygen atoms in total. The van der Waals surface area contributed by atoms with Crippen molar-refractivity contribution in [1.82, 2.24) is 10.6 Å². The second-order valence-electron chi connectivity index (χ2n) is 4.02. The lowest BCUT2D eigenvalue weighted by molar-refractivity contribution is -0.117. The van der Waals surface area contributed by atoms with Gasteiger partial charge in [0.1, 0.15) is 5.88 Å². The van der Waals surface area contributed by atoms with Gasteiger partial charge in [0.15, 0.2) is 0 Å². The SMILES string of the molecule is CC1CCCCC1NC(=O)NC(=O)CCl. The fraction of sp³-hybridized carbons (Fsp3) is 0.800. The maximum absolute atomic E-state index is 11.3. The van der Waals surface area contributed by atoms with Crippen molar-refractivity contribution in [1.29, 1.82) is 0 Å². The van der Waals surface area contributed by atoms with Gasteiger partial charge in [0.25, 0.3) is 0 Å². The van der Waals surface area contributed by atoms with E-state index >= 15 is 0 Å². The zero-order valence-corrected chi connectivity index (χ0v) is 9.64. The summed E-state index contributed by atoms with van der Waals surface area (Å²) in [5.74, 6) is -0.165. The third-order valence-corrected chi connectivity index (χ3v) is 3.05. The number of rotatable bonds is 2. The van der Waals surface area contributed by atoms with E-state index in [9.17, 15) is 9.59 Å². The summed E-state index contributed by atoms with van der Waals surface area (Å²) in [6.45, 7) is 2.12. The van der Waals surface area contributed by atoms with Gasteiger partial charge in [-0.3, -0.25) is 10.1 Å². The lowest BCUT2D eigenvalue weighted by atomic mass is 9.86. The van der Waals surface area contributed by atoms with Crippen molar-refractivity contribution < 1.29 is 9.59 Å². The van der Waals surface area contributed by atoms with Crippen LogP contribution >= 0.6 is 11.6 Å². The molecule has 0 aromatic carbocycles. The first kappa shape index (κ1) is 12.3. The van der Waals surface area contributed by atoms with Crippen LogP contribution in [0.2, 0.25) is 0 Å². The van der Waals surface area contributed by atoms with Gasteiger partial charge in [-0.05, 0) is 18.8 Å². The van der Waals surface area contributed by atoms with E-state index in [-0.39, 0.29) is 11.9 Å². The third-order valence-electron chi connectivity index (χ3n) is 2.80. The second-order valence-corrected chi connectivity index (χ2v) is 4.29. The Labute approximate surface area is 94.7 Å². The van der Waals surface area contributed by atoms with Gasteiger partial charge >= 0.3 is 6.03 Å². The quantitative estimate of drug-likeness (QED) is 0.711. The number of imide groups is 1. The van der Waals surface area contributed by atoms with E-state index in [1.165, 1.54) is 6.42 Å². The summed E-state index contributed by atoms with van der Waals surface area (Å²) in [5, 5.41) is 4.98. The van der Waals surface area contributed by atoms with E-state index in [4.69, 9.17) is 11.6 Å². The zero-order chi connectivity index (χ0) is 11.3. The van der Waals surface area contributed by atoms with Crippen LogP contribution < -0.4 is 10.6 Å². The van der Waals surface area contributed by atoms with Crippen LogP contribution in [0.3, 0.4) is 0 Å². The average molecular weight is 233 g/mol. The normalized spacial score (nSPS) is 25.7. The molecular weight excluding hydrogens is 216 g/mol. The Hall–Kier alpha value is -0.770. The summed E-state index contributed by atoms with van der Waals surface area (Å²) < 4.78 is 0. The van der Waals surface area contributed by atoms with Crippen molar-refractivity contribution >= 4 is 23.5 Å². The Morgan fingerprint density at radius 1 is 1.33 bits per heavy atom. The minimum absolute atomic E-state index is 0.182. The lowest BCUT2D eigenvalue weighted by Gasteiger charge is -2.29. The maximum atomic E-state index is 11.3. The molecule has 3 amide bonds. The molecule has 1 rings (SSSR count). The highest BCUT2D eigenvalue weighted by Gasteiger charge is 2.23. The van der Waals surface area contributed by atoms with Gasteiger partial charge in [-0.15, -0.1) is 11.6 Å². The Bertz CT molecular complexity index is 246. The van der Waals surface area contributed by atoms with Crippen molar-refractivity contribution in [2.24, 2.45) is 5.92 Å². The van der Waals surface area contributed by atoms with Crippen LogP contribution in [0, 0.1) is 5.92 Å². The van der Waals surface area contributed by atoms with Crippen LogP contribution in [-0.2, 0) is 4.79 Å².